The molecular weight excluding hydrogens is 365 g/mol. The number of hydrogen-bond acceptors (Lipinski definition) is 5. The van der Waals surface area contributed by atoms with Crippen molar-refractivity contribution in [1.29, 1.82) is 0 Å². The lowest BCUT2D eigenvalue weighted by Gasteiger charge is -2.25. The third kappa shape index (κ3) is 5.33. The molecular formula is C20H30FN3O4. The number of guanidine groups is 1. The predicted molar refractivity (Wildman–Crippen MR) is 104 cm³/mol. The first-order chi connectivity index (χ1) is 13.7. The molecule has 0 aliphatic carbocycles. The molecule has 1 atom stereocenters. The van der Waals surface area contributed by atoms with Gasteiger partial charge in [-0.3, -0.25) is 4.99 Å². The Morgan fingerprint density at radius 1 is 1.32 bits per heavy atom. The Labute approximate surface area is 165 Å². The monoisotopic (exact) mass is 395 g/mol. The molecule has 1 aromatic rings. The Bertz CT molecular complexity index is 678. The Kier molecular flexibility index (Phi) is 7.47. The number of aliphatic imine (C=N–C) groups is 1. The van der Waals surface area contributed by atoms with E-state index in [2.05, 4.69) is 10.6 Å². The summed E-state index contributed by atoms with van der Waals surface area (Å²) in [5.41, 5.74) is 1.48. The normalized spacial score (nSPS) is 21.9. The summed E-state index contributed by atoms with van der Waals surface area (Å²) in [4.78, 5) is 4.70. The van der Waals surface area contributed by atoms with Gasteiger partial charge in [-0.1, -0.05) is 0 Å². The van der Waals surface area contributed by atoms with Gasteiger partial charge in [-0.15, -0.1) is 0 Å². The van der Waals surface area contributed by atoms with Crippen molar-refractivity contribution in [2.45, 2.75) is 32.8 Å². The smallest absolute Gasteiger partial charge is 0.191 e. The zero-order valence-electron chi connectivity index (χ0n) is 16.4. The van der Waals surface area contributed by atoms with E-state index in [1.165, 1.54) is 12.1 Å². The molecule has 1 unspecified atom stereocenters. The SMILES string of the molecule is CCNC(=NCC1(CCO)CCOC1)NCCc1cc(F)cc2c1OCOC2. The van der Waals surface area contributed by atoms with Crippen LogP contribution in [0.25, 0.3) is 0 Å². The molecule has 0 amide bonds. The first kappa shape index (κ1) is 20.8. The summed E-state index contributed by atoms with van der Waals surface area (Å²) in [5.74, 6) is 1.15. The maximum absolute atomic E-state index is 13.9. The molecule has 2 aliphatic heterocycles. The van der Waals surface area contributed by atoms with Crippen molar-refractivity contribution in [3.05, 3.63) is 29.1 Å². The van der Waals surface area contributed by atoms with Crippen molar-refractivity contribution in [2.24, 2.45) is 10.4 Å². The van der Waals surface area contributed by atoms with Crippen LogP contribution in [0.15, 0.2) is 17.1 Å². The van der Waals surface area contributed by atoms with E-state index in [0.29, 0.717) is 51.7 Å². The fraction of sp³-hybridized carbons (Fsp3) is 0.650. The van der Waals surface area contributed by atoms with Gasteiger partial charge in [-0.2, -0.15) is 0 Å². The number of benzene rings is 1. The second-order valence-electron chi connectivity index (χ2n) is 7.31. The molecule has 3 N–H and O–H groups in total. The van der Waals surface area contributed by atoms with E-state index in [0.717, 1.165) is 29.8 Å². The molecule has 1 aromatic carbocycles. The lowest BCUT2D eigenvalue weighted by atomic mass is 9.84. The summed E-state index contributed by atoms with van der Waals surface area (Å²) in [5, 5.41) is 15.9. The fourth-order valence-corrected chi connectivity index (χ4v) is 3.63. The molecule has 1 fully saturated rings. The average Bonchev–Trinajstić information content (AvgIpc) is 3.15. The van der Waals surface area contributed by atoms with Crippen LogP contribution in [0.5, 0.6) is 5.75 Å². The number of fused-ring (bicyclic) bond motifs is 1. The summed E-state index contributed by atoms with van der Waals surface area (Å²) in [6.07, 6.45) is 2.20. The lowest BCUT2D eigenvalue weighted by molar-refractivity contribution is -0.0172. The van der Waals surface area contributed by atoms with Crippen LogP contribution in [0.2, 0.25) is 0 Å². The highest BCUT2D eigenvalue weighted by atomic mass is 19.1. The van der Waals surface area contributed by atoms with Crippen molar-refractivity contribution < 1.29 is 23.7 Å². The standard InChI is InChI=1S/C20H30FN3O4/c1-2-22-19(24-12-20(4-7-25)5-8-26-13-20)23-6-3-15-9-17(21)10-16-11-27-14-28-18(15)16/h9-10,25H,2-8,11-14H2,1H3,(H2,22,23,24). The molecule has 3 rings (SSSR count). The highest BCUT2D eigenvalue weighted by Crippen LogP contribution is 2.32. The third-order valence-electron chi connectivity index (χ3n) is 5.18. The minimum Gasteiger partial charge on any atom is -0.467 e. The van der Waals surface area contributed by atoms with Crippen molar-refractivity contribution in [3.63, 3.8) is 0 Å². The number of hydrogen-bond donors (Lipinski definition) is 3. The van der Waals surface area contributed by atoms with Crippen LogP contribution in [0.3, 0.4) is 0 Å². The zero-order valence-corrected chi connectivity index (χ0v) is 16.4. The number of nitrogens with one attached hydrogen (secondary N) is 2. The Hall–Kier alpha value is -1.90. The highest BCUT2D eigenvalue weighted by molar-refractivity contribution is 5.79. The van der Waals surface area contributed by atoms with Gasteiger partial charge in [0.25, 0.3) is 0 Å². The number of aliphatic hydroxyl groups is 1. The average molecular weight is 395 g/mol. The van der Waals surface area contributed by atoms with Crippen LogP contribution >= 0.6 is 0 Å². The van der Waals surface area contributed by atoms with Crippen molar-refractivity contribution in [3.8, 4) is 5.75 Å². The Balaban J connectivity index is 1.60. The molecule has 2 aliphatic rings. The van der Waals surface area contributed by atoms with Crippen LogP contribution < -0.4 is 15.4 Å². The van der Waals surface area contributed by atoms with E-state index in [1.807, 2.05) is 6.92 Å². The molecule has 1 saturated heterocycles. The molecule has 0 aromatic heterocycles. The number of halogens is 1. The van der Waals surface area contributed by atoms with Gasteiger partial charge in [-0.05, 0) is 43.9 Å². The summed E-state index contributed by atoms with van der Waals surface area (Å²) in [6.45, 7) is 5.98. The zero-order chi connectivity index (χ0) is 19.8. The second-order valence-corrected chi connectivity index (χ2v) is 7.31. The van der Waals surface area contributed by atoms with E-state index >= 15 is 0 Å². The first-order valence-corrected chi connectivity index (χ1v) is 9.88. The van der Waals surface area contributed by atoms with Gasteiger partial charge in [0.2, 0.25) is 0 Å². The lowest BCUT2D eigenvalue weighted by Crippen LogP contribution is -2.39. The summed E-state index contributed by atoms with van der Waals surface area (Å²) in [7, 11) is 0. The number of rotatable bonds is 8. The summed E-state index contributed by atoms with van der Waals surface area (Å²) >= 11 is 0. The largest absolute Gasteiger partial charge is 0.467 e. The van der Waals surface area contributed by atoms with Gasteiger partial charge < -0.3 is 30.0 Å². The predicted octanol–water partition coefficient (Wildman–Crippen LogP) is 1.58. The van der Waals surface area contributed by atoms with Crippen LogP contribution in [0, 0.1) is 11.2 Å². The van der Waals surface area contributed by atoms with Crippen LogP contribution in [0.4, 0.5) is 4.39 Å². The van der Waals surface area contributed by atoms with Crippen molar-refractivity contribution in [1.82, 2.24) is 10.6 Å². The maximum atomic E-state index is 13.9. The molecule has 0 bridgehead atoms. The molecule has 8 heteroatoms. The Morgan fingerprint density at radius 3 is 2.96 bits per heavy atom. The van der Waals surface area contributed by atoms with Gasteiger partial charge in [0.1, 0.15) is 11.6 Å². The van der Waals surface area contributed by atoms with Crippen molar-refractivity contribution in [2.75, 3.05) is 46.2 Å². The quantitative estimate of drug-likeness (QED) is 0.458. The van der Waals surface area contributed by atoms with E-state index in [-0.39, 0.29) is 24.6 Å². The minimum atomic E-state index is -0.282. The molecule has 0 radical (unpaired) electrons. The van der Waals surface area contributed by atoms with Gasteiger partial charge in [0.05, 0.1) is 19.8 Å². The van der Waals surface area contributed by atoms with E-state index < -0.39 is 0 Å². The summed E-state index contributed by atoms with van der Waals surface area (Å²) in [6, 6.07) is 2.98. The fourth-order valence-electron chi connectivity index (χ4n) is 3.63. The number of nitrogens with zero attached hydrogens (tertiary/aromatic N) is 1. The molecule has 156 valence electrons. The van der Waals surface area contributed by atoms with Crippen LogP contribution in [0.1, 0.15) is 30.9 Å². The second kappa shape index (κ2) is 10.0. The summed E-state index contributed by atoms with van der Waals surface area (Å²) < 4.78 is 30.2. The third-order valence-corrected chi connectivity index (χ3v) is 5.18. The highest BCUT2D eigenvalue weighted by Gasteiger charge is 2.34. The first-order valence-electron chi connectivity index (χ1n) is 9.88. The minimum absolute atomic E-state index is 0.0907. The van der Waals surface area contributed by atoms with E-state index in [9.17, 15) is 9.50 Å². The number of aliphatic hydroxyl groups excluding tert-OH is 1. The van der Waals surface area contributed by atoms with Crippen LogP contribution in [-0.2, 0) is 22.5 Å². The maximum Gasteiger partial charge on any atom is 0.191 e. The van der Waals surface area contributed by atoms with Gasteiger partial charge in [0.15, 0.2) is 12.8 Å². The topological polar surface area (TPSA) is 84.3 Å². The molecule has 0 spiro atoms. The van der Waals surface area contributed by atoms with Gasteiger partial charge >= 0.3 is 0 Å². The van der Waals surface area contributed by atoms with Gasteiger partial charge in [0, 0.05) is 37.3 Å². The Morgan fingerprint density at radius 2 is 2.21 bits per heavy atom. The van der Waals surface area contributed by atoms with Crippen LogP contribution in [-0.4, -0.2) is 57.3 Å². The number of ether oxygens (including phenoxy) is 3. The van der Waals surface area contributed by atoms with Crippen molar-refractivity contribution >= 4 is 5.96 Å². The molecule has 2 heterocycles. The molecule has 7 nitrogen and oxygen atoms in total. The van der Waals surface area contributed by atoms with Gasteiger partial charge in [-0.25, -0.2) is 4.39 Å². The molecule has 0 saturated carbocycles. The molecule has 28 heavy (non-hydrogen) atoms. The van der Waals surface area contributed by atoms with E-state index in [4.69, 9.17) is 19.2 Å². The van der Waals surface area contributed by atoms with E-state index in [1.54, 1.807) is 0 Å².